The van der Waals surface area contributed by atoms with E-state index in [0.29, 0.717) is 31.1 Å². The number of pyridine rings is 1. The van der Waals surface area contributed by atoms with E-state index in [1.807, 2.05) is 40.9 Å². The number of thioether (sulfide) groups is 1. The van der Waals surface area contributed by atoms with E-state index >= 15 is 0 Å². The minimum Gasteiger partial charge on any atom is -0.505 e. The predicted octanol–water partition coefficient (Wildman–Crippen LogP) is 6.91. The number of aromatic nitrogens is 1. The van der Waals surface area contributed by atoms with Crippen LogP contribution in [0.25, 0.3) is 16.6 Å². The Kier molecular flexibility index (Phi) is 6.16. The lowest BCUT2D eigenvalue weighted by Gasteiger charge is -2.06. The van der Waals surface area contributed by atoms with Gasteiger partial charge in [0.15, 0.2) is 11.5 Å². The topological polar surface area (TPSA) is 41.7 Å². The third-order valence-corrected chi connectivity index (χ3v) is 6.56. The van der Waals surface area contributed by atoms with Crippen molar-refractivity contribution in [1.82, 2.24) is 4.40 Å². The Morgan fingerprint density at radius 1 is 0.967 bits per heavy atom. The first-order valence-corrected chi connectivity index (χ1v) is 11.1. The molecule has 3 nitrogen and oxygen atoms in total. The highest BCUT2D eigenvalue weighted by molar-refractivity contribution is 8.24. The molecule has 0 aliphatic heterocycles. The maximum absolute atomic E-state index is 12.5. The second-order valence-electron chi connectivity index (χ2n) is 6.54. The Labute approximate surface area is 193 Å². The molecule has 2 aromatic carbocycles. The molecule has 0 saturated heterocycles. The summed E-state index contributed by atoms with van der Waals surface area (Å²) in [6.45, 7) is 0. The standard InChI is InChI=1S/C23H15Cl2NO2S2/c24-16-8-4-14(5-9-16)19(27)13-30-23(29)21-22(28)20(15-6-10-17(25)11-7-15)18-3-1-2-12-26(18)21/h1-12,28H,13H2. The van der Waals surface area contributed by atoms with Gasteiger partial charge in [-0.2, -0.15) is 0 Å². The quantitative estimate of drug-likeness (QED) is 0.253. The molecule has 0 aliphatic carbocycles. The largest absolute Gasteiger partial charge is 0.505 e. The van der Waals surface area contributed by atoms with Crippen LogP contribution in [0.3, 0.4) is 0 Å². The molecule has 0 fully saturated rings. The summed E-state index contributed by atoms with van der Waals surface area (Å²) in [4.78, 5) is 12.5. The zero-order chi connectivity index (χ0) is 21.3. The first kappa shape index (κ1) is 20.9. The molecule has 0 unspecified atom stereocenters. The van der Waals surface area contributed by atoms with E-state index in [0.717, 1.165) is 11.1 Å². The highest BCUT2D eigenvalue weighted by Crippen LogP contribution is 2.40. The molecule has 30 heavy (non-hydrogen) atoms. The van der Waals surface area contributed by atoms with Crippen molar-refractivity contribution in [2.24, 2.45) is 0 Å². The van der Waals surface area contributed by atoms with Crippen molar-refractivity contribution in [3.63, 3.8) is 0 Å². The fourth-order valence-corrected chi connectivity index (χ4v) is 4.59. The average molecular weight is 472 g/mol. The van der Waals surface area contributed by atoms with Crippen molar-refractivity contribution in [2.45, 2.75) is 0 Å². The number of nitrogens with zero attached hydrogens (tertiary/aromatic N) is 1. The smallest absolute Gasteiger partial charge is 0.173 e. The van der Waals surface area contributed by atoms with Gasteiger partial charge in [-0.05, 0) is 54.1 Å². The van der Waals surface area contributed by atoms with E-state index in [1.54, 1.807) is 36.4 Å². The van der Waals surface area contributed by atoms with Gasteiger partial charge in [-0.3, -0.25) is 4.79 Å². The zero-order valence-electron chi connectivity index (χ0n) is 15.5. The van der Waals surface area contributed by atoms with Gasteiger partial charge in [-0.25, -0.2) is 0 Å². The summed E-state index contributed by atoms with van der Waals surface area (Å²) in [5.41, 5.74) is 3.39. The molecule has 2 heterocycles. The number of ketones is 1. The Bertz CT molecular complexity index is 1250. The SMILES string of the molecule is O=C(CSC(=S)c1c(O)c(-c2ccc(Cl)cc2)c2ccccn12)c1ccc(Cl)cc1. The predicted molar refractivity (Wildman–Crippen MR) is 129 cm³/mol. The van der Waals surface area contributed by atoms with Crippen molar-refractivity contribution in [1.29, 1.82) is 0 Å². The maximum Gasteiger partial charge on any atom is 0.173 e. The Morgan fingerprint density at radius 2 is 1.60 bits per heavy atom. The molecule has 2 aromatic heterocycles. The summed E-state index contributed by atoms with van der Waals surface area (Å²) in [6.07, 6.45) is 1.84. The molecule has 4 aromatic rings. The van der Waals surface area contributed by atoms with Crippen LogP contribution in [0, 0.1) is 0 Å². The number of Topliss-reactive ketones (excluding diaryl/α,β-unsaturated/α-hetero) is 1. The number of thiocarbonyl (C=S) groups is 1. The fourth-order valence-electron chi connectivity index (χ4n) is 3.21. The highest BCUT2D eigenvalue weighted by Gasteiger charge is 2.22. The van der Waals surface area contributed by atoms with Gasteiger partial charge in [0.2, 0.25) is 0 Å². The van der Waals surface area contributed by atoms with Crippen LogP contribution in [-0.2, 0) is 0 Å². The number of carbonyl (C=O) groups excluding carboxylic acids is 1. The van der Waals surface area contributed by atoms with Gasteiger partial charge in [0, 0.05) is 27.4 Å². The van der Waals surface area contributed by atoms with Crippen molar-refractivity contribution >= 4 is 62.7 Å². The number of aromatic hydroxyl groups is 1. The van der Waals surface area contributed by atoms with Crippen molar-refractivity contribution < 1.29 is 9.90 Å². The van der Waals surface area contributed by atoms with Crippen molar-refractivity contribution in [3.8, 4) is 16.9 Å². The third-order valence-electron chi connectivity index (χ3n) is 4.64. The molecule has 0 radical (unpaired) electrons. The van der Waals surface area contributed by atoms with E-state index in [1.165, 1.54) is 11.8 Å². The second kappa shape index (κ2) is 8.82. The van der Waals surface area contributed by atoms with Crippen LogP contribution < -0.4 is 0 Å². The van der Waals surface area contributed by atoms with Gasteiger partial charge in [0.1, 0.15) is 5.69 Å². The number of benzene rings is 2. The van der Waals surface area contributed by atoms with E-state index < -0.39 is 0 Å². The molecule has 4 rings (SSSR count). The van der Waals surface area contributed by atoms with Crippen LogP contribution in [0.4, 0.5) is 0 Å². The molecular weight excluding hydrogens is 457 g/mol. The molecule has 0 amide bonds. The summed E-state index contributed by atoms with van der Waals surface area (Å²) < 4.78 is 2.29. The van der Waals surface area contributed by atoms with Crippen LogP contribution >= 0.6 is 47.2 Å². The summed E-state index contributed by atoms with van der Waals surface area (Å²) >= 11 is 18.7. The van der Waals surface area contributed by atoms with Gasteiger partial charge in [-0.1, -0.05) is 53.6 Å². The van der Waals surface area contributed by atoms with Crippen LogP contribution in [0.15, 0.2) is 72.9 Å². The molecule has 1 N–H and O–H groups in total. The molecule has 0 bridgehead atoms. The molecule has 0 saturated carbocycles. The Balaban J connectivity index is 1.66. The van der Waals surface area contributed by atoms with Crippen molar-refractivity contribution in [3.05, 3.63) is 94.2 Å². The van der Waals surface area contributed by atoms with E-state index in [4.69, 9.17) is 35.4 Å². The highest BCUT2D eigenvalue weighted by atomic mass is 35.5. The van der Waals surface area contributed by atoms with Gasteiger partial charge in [-0.15, -0.1) is 11.8 Å². The molecule has 0 spiro atoms. The summed E-state index contributed by atoms with van der Waals surface area (Å²) in [7, 11) is 0. The average Bonchev–Trinajstić information content (AvgIpc) is 3.05. The number of halogens is 2. The molecular formula is C23H15Cl2NO2S2. The molecule has 7 heteroatoms. The van der Waals surface area contributed by atoms with Crippen molar-refractivity contribution in [2.75, 3.05) is 5.75 Å². The lowest BCUT2D eigenvalue weighted by Crippen LogP contribution is -2.06. The van der Waals surface area contributed by atoms with Crippen LogP contribution in [0.1, 0.15) is 16.1 Å². The first-order valence-electron chi connectivity index (χ1n) is 8.99. The lowest BCUT2D eigenvalue weighted by atomic mass is 10.1. The van der Waals surface area contributed by atoms with E-state index in [2.05, 4.69) is 0 Å². The van der Waals surface area contributed by atoms with E-state index in [-0.39, 0.29) is 17.3 Å². The third kappa shape index (κ3) is 4.12. The number of hydrogen-bond donors (Lipinski definition) is 1. The van der Waals surface area contributed by atoms with Crippen LogP contribution in [0.5, 0.6) is 5.75 Å². The molecule has 150 valence electrons. The van der Waals surface area contributed by atoms with E-state index in [9.17, 15) is 9.90 Å². The number of hydrogen-bond acceptors (Lipinski definition) is 4. The minimum atomic E-state index is -0.0581. The number of carbonyl (C=O) groups is 1. The zero-order valence-corrected chi connectivity index (χ0v) is 18.7. The molecule has 0 atom stereocenters. The number of fused-ring (bicyclic) bond motifs is 1. The lowest BCUT2D eigenvalue weighted by molar-refractivity contribution is 0.102. The van der Waals surface area contributed by atoms with Gasteiger partial charge < -0.3 is 9.51 Å². The van der Waals surface area contributed by atoms with Gasteiger partial charge in [0.05, 0.1) is 15.5 Å². The maximum atomic E-state index is 12.5. The van der Waals surface area contributed by atoms with Crippen LogP contribution in [-0.4, -0.2) is 25.2 Å². The Hall–Kier alpha value is -2.31. The van der Waals surface area contributed by atoms with Gasteiger partial charge in [0.25, 0.3) is 0 Å². The second-order valence-corrected chi connectivity index (χ2v) is 9.07. The Morgan fingerprint density at radius 3 is 2.27 bits per heavy atom. The summed E-state index contributed by atoms with van der Waals surface area (Å²) in [5, 5.41) is 12.3. The number of rotatable bonds is 5. The monoisotopic (exact) mass is 471 g/mol. The van der Waals surface area contributed by atoms with Gasteiger partial charge >= 0.3 is 0 Å². The summed E-state index contributed by atoms with van der Waals surface area (Å²) in [5.74, 6) is 0.188. The normalized spacial score (nSPS) is 11.0. The minimum absolute atomic E-state index is 0.0581. The summed E-state index contributed by atoms with van der Waals surface area (Å²) in [6, 6.07) is 19.7. The first-order chi connectivity index (χ1) is 14.5. The molecule has 0 aliphatic rings. The van der Waals surface area contributed by atoms with Crippen LogP contribution in [0.2, 0.25) is 10.0 Å². The fraction of sp³-hybridized carbons (Fsp3) is 0.0435.